The molecule has 1 aliphatic rings. The second-order valence-corrected chi connectivity index (χ2v) is 10.1. The topological polar surface area (TPSA) is 109 Å². The van der Waals surface area contributed by atoms with Gasteiger partial charge >= 0.3 is 0 Å². The molecular weight excluding hydrogens is 504 g/mol. The van der Waals surface area contributed by atoms with Crippen molar-refractivity contribution in [2.24, 2.45) is 0 Å². The number of nitrogens with one attached hydrogen (secondary N) is 2. The van der Waals surface area contributed by atoms with Crippen LogP contribution in [0.2, 0.25) is 0 Å². The Morgan fingerprint density at radius 3 is 2.77 bits per heavy atom. The highest BCUT2D eigenvalue weighted by Gasteiger charge is 2.21. The Bertz CT molecular complexity index is 1540. The molecule has 0 aliphatic carbocycles. The molecule has 2 aromatic carbocycles. The van der Waals surface area contributed by atoms with Crippen molar-refractivity contribution in [2.45, 2.75) is 32.2 Å². The number of pyridine rings is 1. The van der Waals surface area contributed by atoms with Crippen LogP contribution in [0.5, 0.6) is 0 Å². The molecule has 1 unspecified atom stereocenters. The normalized spacial score (nSPS) is 13.5. The maximum atomic E-state index is 12.3. The molecule has 5 rings (SSSR count). The number of para-hydroxylation sites is 1. The fourth-order valence-electron chi connectivity index (χ4n) is 5.25. The van der Waals surface area contributed by atoms with E-state index in [1.807, 2.05) is 23.1 Å². The predicted molar refractivity (Wildman–Crippen MR) is 155 cm³/mol. The summed E-state index contributed by atoms with van der Waals surface area (Å²) in [7, 11) is 3.18. The SMILES string of the molecule is CNC(=O)c1ccnc2c(C(C)CCNc3cc(-c4ccc5c(c4)CCN(C(=O)COC)C5)ncn3)cccc12. The van der Waals surface area contributed by atoms with Gasteiger partial charge in [0, 0.05) is 57.0 Å². The summed E-state index contributed by atoms with van der Waals surface area (Å²) in [6, 6.07) is 16.0. The average Bonchev–Trinajstić information content (AvgIpc) is 2.99. The first-order valence-electron chi connectivity index (χ1n) is 13.5. The van der Waals surface area contributed by atoms with E-state index in [9.17, 15) is 9.59 Å². The molecule has 3 heterocycles. The van der Waals surface area contributed by atoms with Crippen molar-refractivity contribution in [3.8, 4) is 11.3 Å². The van der Waals surface area contributed by atoms with E-state index in [-0.39, 0.29) is 24.3 Å². The van der Waals surface area contributed by atoms with Crippen LogP contribution >= 0.6 is 0 Å². The Morgan fingerprint density at radius 2 is 1.95 bits per heavy atom. The van der Waals surface area contributed by atoms with Crippen LogP contribution in [-0.4, -0.2) is 65.5 Å². The fraction of sp³-hybridized carbons (Fsp3) is 0.323. The lowest BCUT2D eigenvalue weighted by atomic mass is 9.93. The van der Waals surface area contributed by atoms with Crippen molar-refractivity contribution in [1.29, 1.82) is 0 Å². The van der Waals surface area contributed by atoms with Crippen LogP contribution in [0.1, 0.15) is 46.3 Å². The summed E-state index contributed by atoms with van der Waals surface area (Å²) in [5.41, 5.74) is 6.89. The Kier molecular flexibility index (Phi) is 8.31. The van der Waals surface area contributed by atoms with Crippen LogP contribution < -0.4 is 10.6 Å². The predicted octanol–water partition coefficient (Wildman–Crippen LogP) is 4.19. The molecule has 0 fully saturated rings. The first kappa shape index (κ1) is 27.2. The van der Waals surface area contributed by atoms with Crippen LogP contribution in [0.3, 0.4) is 0 Å². The molecule has 0 bridgehead atoms. The van der Waals surface area contributed by atoms with Gasteiger partial charge in [0.1, 0.15) is 18.8 Å². The number of amides is 2. The zero-order valence-electron chi connectivity index (χ0n) is 23.1. The molecule has 2 amide bonds. The van der Waals surface area contributed by atoms with E-state index in [1.165, 1.54) is 5.56 Å². The van der Waals surface area contributed by atoms with Gasteiger partial charge in [0.15, 0.2) is 0 Å². The molecule has 0 spiro atoms. The number of ether oxygens (including phenoxy) is 1. The minimum atomic E-state index is -0.114. The maximum Gasteiger partial charge on any atom is 0.251 e. The molecule has 9 nitrogen and oxygen atoms in total. The highest BCUT2D eigenvalue weighted by molar-refractivity contribution is 6.06. The summed E-state index contributed by atoms with van der Waals surface area (Å²) >= 11 is 0. The van der Waals surface area contributed by atoms with Gasteiger partial charge in [-0.15, -0.1) is 0 Å². The quantitative estimate of drug-likeness (QED) is 0.329. The zero-order chi connectivity index (χ0) is 28.1. The molecular formula is C31H34N6O3. The molecule has 1 atom stereocenters. The summed E-state index contributed by atoms with van der Waals surface area (Å²) in [5, 5.41) is 7.01. The molecule has 0 radical (unpaired) electrons. The lowest BCUT2D eigenvalue weighted by molar-refractivity contribution is -0.136. The third-order valence-corrected chi connectivity index (χ3v) is 7.49. The number of carbonyl (C=O) groups is 2. The van der Waals surface area contributed by atoms with Gasteiger partial charge in [0.25, 0.3) is 5.91 Å². The van der Waals surface area contributed by atoms with Gasteiger partial charge in [-0.25, -0.2) is 9.97 Å². The van der Waals surface area contributed by atoms with Crippen LogP contribution in [0, 0.1) is 0 Å². The number of carbonyl (C=O) groups excluding carboxylic acids is 2. The number of rotatable bonds is 9. The lowest BCUT2D eigenvalue weighted by Gasteiger charge is -2.29. The minimum absolute atomic E-state index is 0.0171. The van der Waals surface area contributed by atoms with E-state index >= 15 is 0 Å². The Labute approximate surface area is 234 Å². The molecule has 40 heavy (non-hydrogen) atoms. The number of benzene rings is 2. The van der Waals surface area contributed by atoms with E-state index in [0.717, 1.165) is 58.5 Å². The number of nitrogens with zero attached hydrogens (tertiary/aromatic N) is 4. The smallest absolute Gasteiger partial charge is 0.251 e. The van der Waals surface area contributed by atoms with E-state index in [0.29, 0.717) is 18.7 Å². The van der Waals surface area contributed by atoms with E-state index < -0.39 is 0 Å². The van der Waals surface area contributed by atoms with Gasteiger partial charge < -0.3 is 20.3 Å². The second kappa shape index (κ2) is 12.2. The molecule has 206 valence electrons. The first-order chi connectivity index (χ1) is 19.5. The van der Waals surface area contributed by atoms with Gasteiger partial charge in [-0.3, -0.25) is 14.6 Å². The second-order valence-electron chi connectivity index (χ2n) is 10.1. The molecule has 0 saturated carbocycles. The van der Waals surface area contributed by atoms with Gasteiger partial charge in [0.05, 0.1) is 16.8 Å². The van der Waals surface area contributed by atoms with Crippen molar-refractivity contribution in [1.82, 2.24) is 25.2 Å². The van der Waals surface area contributed by atoms with Crippen LogP contribution in [-0.2, 0) is 22.5 Å². The molecule has 2 aromatic heterocycles. The summed E-state index contributed by atoms with van der Waals surface area (Å²) < 4.78 is 5.00. The molecule has 4 aromatic rings. The number of hydrogen-bond donors (Lipinski definition) is 2. The zero-order valence-corrected chi connectivity index (χ0v) is 23.1. The Balaban J connectivity index is 1.24. The first-order valence-corrected chi connectivity index (χ1v) is 13.5. The van der Waals surface area contributed by atoms with Gasteiger partial charge in [-0.05, 0) is 47.6 Å². The molecule has 9 heteroatoms. The lowest BCUT2D eigenvalue weighted by Crippen LogP contribution is -2.38. The molecule has 0 saturated heterocycles. The van der Waals surface area contributed by atoms with Crippen molar-refractivity contribution in [3.63, 3.8) is 0 Å². The summed E-state index contributed by atoms with van der Waals surface area (Å²) in [4.78, 5) is 39.9. The number of aromatic nitrogens is 3. The van der Waals surface area contributed by atoms with E-state index in [2.05, 4.69) is 56.8 Å². The van der Waals surface area contributed by atoms with Crippen molar-refractivity contribution >= 4 is 28.5 Å². The number of hydrogen-bond acceptors (Lipinski definition) is 7. The van der Waals surface area contributed by atoms with Crippen molar-refractivity contribution in [2.75, 3.05) is 39.2 Å². The monoisotopic (exact) mass is 538 g/mol. The summed E-state index contributed by atoms with van der Waals surface area (Å²) in [6.07, 6.45) is 4.95. The molecule has 2 N–H and O–H groups in total. The number of anilines is 1. The standard InChI is InChI=1S/C31H34N6O3/c1-20(24-5-4-6-25-26(31(39)32-2)10-13-34-30(24)25)9-12-33-28-16-27(35-19-36-28)22-7-8-23-17-37(29(38)18-40-3)14-11-21(23)15-22/h4-8,10,13,15-16,19-20H,9,11-12,14,17-18H2,1-3H3,(H,32,39)(H,33,35,36). The van der Waals surface area contributed by atoms with E-state index in [1.54, 1.807) is 32.7 Å². The third-order valence-electron chi connectivity index (χ3n) is 7.49. The summed E-state index contributed by atoms with van der Waals surface area (Å²) in [5.74, 6) is 0.894. The highest BCUT2D eigenvalue weighted by atomic mass is 16.5. The average molecular weight is 539 g/mol. The largest absolute Gasteiger partial charge is 0.375 e. The van der Waals surface area contributed by atoms with Gasteiger partial charge in [-0.1, -0.05) is 37.3 Å². The van der Waals surface area contributed by atoms with Gasteiger partial charge in [-0.2, -0.15) is 0 Å². The fourth-order valence-corrected chi connectivity index (χ4v) is 5.25. The molecule has 1 aliphatic heterocycles. The van der Waals surface area contributed by atoms with Crippen LogP contribution in [0.4, 0.5) is 5.82 Å². The Morgan fingerprint density at radius 1 is 1.07 bits per heavy atom. The summed E-state index contributed by atoms with van der Waals surface area (Å²) in [6.45, 7) is 4.30. The van der Waals surface area contributed by atoms with E-state index in [4.69, 9.17) is 4.74 Å². The third kappa shape index (κ3) is 5.79. The number of methoxy groups -OCH3 is 1. The van der Waals surface area contributed by atoms with Crippen molar-refractivity contribution in [3.05, 3.63) is 83.3 Å². The Hall–Kier alpha value is -4.37. The number of fused-ring (bicyclic) bond motifs is 2. The van der Waals surface area contributed by atoms with Crippen LogP contribution in [0.15, 0.2) is 61.1 Å². The maximum absolute atomic E-state index is 12.3. The van der Waals surface area contributed by atoms with Crippen molar-refractivity contribution < 1.29 is 14.3 Å². The van der Waals surface area contributed by atoms with Crippen LogP contribution in [0.25, 0.3) is 22.2 Å². The highest BCUT2D eigenvalue weighted by Crippen LogP contribution is 2.29. The van der Waals surface area contributed by atoms with Gasteiger partial charge in [0.2, 0.25) is 5.91 Å². The minimum Gasteiger partial charge on any atom is -0.375 e.